The Morgan fingerprint density at radius 3 is 2.55 bits per heavy atom. The molecular weight excluding hydrogens is 262 g/mol. The molecule has 0 spiro atoms. The van der Waals surface area contributed by atoms with Gasteiger partial charge in [-0.2, -0.15) is 0 Å². The molecule has 0 bridgehead atoms. The van der Waals surface area contributed by atoms with E-state index < -0.39 is 18.0 Å². The van der Waals surface area contributed by atoms with E-state index in [0.717, 1.165) is 0 Å². The number of rotatable bonds is 4. The van der Waals surface area contributed by atoms with Crippen LogP contribution in [0.5, 0.6) is 0 Å². The summed E-state index contributed by atoms with van der Waals surface area (Å²) in [6.07, 6.45) is 1.06. The van der Waals surface area contributed by atoms with Crippen LogP contribution in [0.25, 0.3) is 0 Å². The van der Waals surface area contributed by atoms with Crippen LogP contribution >= 0.6 is 0 Å². The second-order valence-corrected chi connectivity index (χ2v) is 5.56. The van der Waals surface area contributed by atoms with E-state index in [4.69, 9.17) is 5.11 Å². The highest BCUT2D eigenvalue weighted by molar-refractivity contribution is 5.86. The Morgan fingerprint density at radius 2 is 2.00 bits per heavy atom. The van der Waals surface area contributed by atoms with Crippen molar-refractivity contribution in [1.29, 1.82) is 0 Å². The highest BCUT2D eigenvalue weighted by Gasteiger charge is 2.27. The number of amides is 3. The maximum Gasteiger partial charge on any atom is 0.326 e. The van der Waals surface area contributed by atoms with Crippen molar-refractivity contribution >= 4 is 17.9 Å². The molecule has 0 aliphatic carbocycles. The lowest BCUT2D eigenvalue weighted by Gasteiger charge is -2.23. The van der Waals surface area contributed by atoms with Gasteiger partial charge in [-0.1, -0.05) is 13.8 Å². The van der Waals surface area contributed by atoms with Gasteiger partial charge in [-0.25, -0.2) is 9.59 Å². The third kappa shape index (κ3) is 4.71. The maximum atomic E-state index is 12.1. The van der Waals surface area contributed by atoms with Crippen molar-refractivity contribution < 1.29 is 19.5 Å². The van der Waals surface area contributed by atoms with Crippen LogP contribution in [0.1, 0.15) is 26.7 Å². The normalized spacial score (nSPS) is 17.9. The molecule has 1 saturated heterocycles. The van der Waals surface area contributed by atoms with Gasteiger partial charge in [0.15, 0.2) is 0 Å². The standard InChI is InChI=1S/C13H23N3O4/c1-9(2)7-10(12(18)19)14-13(20)16-6-4-5-15(3)11(17)8-16/h9-10H,4-8H2,1-3H3,(H,14,20)(H,18,19). The molecule has 2 N–H and O–H groups in total. The molecule has 0 aromatic carbocycles. The van der Waals surface area contributed by atoms with Crippen LogP contribution in [0.15, 0.2) is 0 Å². The first-order valence-electron chi connectivity index (χ1n) is 6.83. The van der Waals surface area contributed by atoms with E-state index in [1.165, 1.54) is 4.90 Å². The molecule has 7 nitrogen and oxygen atoms in total. The van der Waals surface area contributed by atoms with Gasteiger partial charge in [0, 0.05) is 20.1 Å². The number of hydrogen-bond acceptors (Lipinski definition) is 3. The number of urea groups is 1. The number of aliphatic carboxylic acids is 1. The van der Waals surface area contributed by atoms with Crippen LogP contribution < -0.4 is 5.32 Å². The zero-order valence-electron chi connectivity index (χ0n) is 12.3. The quantitative estimate of drug-likeness (QED) is 0.780. The number of carboxylic acid groups (broad SMARTS) is 1. The van der Waals surface area contributed by atoms with Crippen molar-refractivity contribution in [3.05, 3.63) is 0 Å². The van der Waals surface area contributed by atoms with Gasteiger partial charge in [-0.05, 0) is 18.8 Å². The second kappa shape index (κ2) is 7.12. The zero-order chi connectivity index (χ0) is 15.3. The van der Waals surface area contributed by atoms with E-state index in [0.29, 0.717) is 25.9 Å². The van der Waals surface area contributed by atoms with Crippen LogP contribution in [-0.2, 0) is 9.59 Å². The Balaban J connectivity index is 2.63. The van der Waals surface area contributed by atoms with Crippen molar-refractivity contribution in [3.8, 4) is 0 Å². The molecule has 3 amide bonds. The summed E-state index contributed by atoms with van der Waals surface area (Å²) in [4.78, 5) is 37.9. The minimum absolute atomic E-state index is 0.00362. The van der Waals surface area contributed by atoms with Crippen molar-refractivity contribution in [3.63, 3.8) is 0 Å². The molecule has 1 unspecified atom stereocenters. The van der Waals surface area contributed by atoms with E-state index in [9.17, 15) is 14.4 Å². The molecule has 1 fully saturated rings. The van der Waals surface area contributed by atoms with Crippen molar-refractivity contribution in [2.75, 3.05) is 26.7 Å². The summed E-state index contributed by atoms with van der Waals surface area (Å²) < 4.78 is 0. The van der Waals surface area contributed by atoms with Crippen LogP contribution in [-0.4, -0.2) is 65.5 Å². The van der Waals surface area contributed by atoms with Crippen LogP contribution in [0.2, 0.25) is 0 Å². The van der Waals surface area contributed by atoms with Gasteiger partial charge in [0.05, 0.1) is 0 Å². The number of carbonyl (C=O) groups excluding carboxylic acids is 2. The molecule has 1 atom stereocenters. The number of hydrogen-bond donors (Lipinski definition) is 2. The number of carbonyl (C=O) groups is 3. The fourth-order valence-corrected chi connectivity index (χ4v) is 2.09. The van der Waals surface area contributed by atoms with E-state index in [2.05, 4.69) is 5.32 Å². The van der Waals surface area contributed by atoms with Gasteiger partial charge in [-0.15, -0.1) is 0 Å². The lowest BCUT2D eigenvalue weighted by molar-refractivity contribution is -0.139. The molecule has 0 aromatic rings. The first kappa shape index (κ1) is 16.3. The third-order valence-corrected chi connectivity index (χ3v) is 3.26. The first-order valence-corrected chi connectivity index (χ1v) is 6.83. The smallest absolute Gasteiger partial charge is 0.326 e. The average Bonchev–Trinajstić information content (AvgIpc) is 2.50. The maximum absolute atomic E-state index is 12.1. The lowest BCUT2D eigenvalue weighted by atomic mass is 10.0. The lowest BCUT2D eigenvalue weighted by Crippen LogP contribution is -2.50. The Labute approximate surface area is 118 Å². The molecular formula is C13H23N3O4. The SMILES string of the molecule is CC(C)CC(NC(=O)N1CCCN(C)C(=O)C1)C(=O)O. The molecule has 20 heavy (non-hydrogen) atoms. The summed E-state index contributed by atoms with van der Waals surface area (Å²) in [6, 6.07) is -1.40. The molecule has 1 aliphatic heterocycles. The molecule has 7 heteroatoms. The fourth-order valence-electron chi connectivity index (χ4n) is 2.09. The Hall–Kier alpha value is -1.79. The first-order chi connectivity index (χ1) is 9.31. The van der Waals surface area contributed by atoms with E-state index in [1.807, 2.05) is 13.8 Å². The predicted octanol–water partition coefficient (Wildman–Crippen LogP) is 0.359. The number of likely N-dealkylation sites (N-methyl/N-ethyl adjacent to an activating group) is 1. The molecule has 1 rings (SSSR count). The summed E-state index contributed by atoms with van der Waals surface area (Å²) in [6.45, 7) is 4.85. The largest absolute Gasteiger partial charge is 0.480 e. The minimum atomic E-state index is -1.05. The molecule has 114 valence electrons. The summed E-state index contributed by atoms with van der Waals surface area (Å²) in [5.41, 5.74) is 0. The highest BCUT2D eigenvalue weighted by atomic mass is 16.4. The summed E-state index contributed by atoms with van der Waals surface area (Å²) in [5, 5.41) is 11.6. The molecule has 1 heterocycles. The topological polar surface area (TPSA) is 90.0 Å². The van der Waals surface area contributed by atoms with Crippen molar-refractivity contribution in [1.82, 2.24) is 15.1 Å². The molecule has 0 aromatic heterocycles. The van der Waals surface area contributed by atoms with Crippen LogP contribution in [0.3, 0.4) is 0 Å². The van der Waals surface area contributed by atoms with Crippen LogP contribution in [0.4, 0.5) is 4.79 Å². The fraction of sp³-hybridized carbons (Fsp3) is 0.769. The van der Waals surface area contributed by atoms with Crippen molar-refractivity contribution in [2.45, 2.75) is 32.7 Å². The molecule has 0 radical (unpaired) electrons. The van der Waals surface area contributed by atoms with Gasteiger partial charge in [0.1, 0.15) is 12.6 Å². The highest BCUT2D eigenvalue weighted by Crippen LogP contribution is 2.07. The molecule has 1 aliphatic rings. The van der Waals surface area contributed by atoms with Gasteiger partial charge in [0.2, 0.25) is 5.91 Å². The minimum Gasteiger partial charge on any atom is -0.480 e. The zero-order valence-corrected chi connectivity index (χ0v) is 12.3. The van der Waals surface area contributed by atoms with Crippen molar-refractivity contribution in [2.24, 2.45) is 5.92 Å². The molecule has 0 saturated carbocycles. The third-order valence-electron chi connectivity index (χ3n) is 3.26. The van der Waals surface area contributed by atoms with Gasteiger partial charge in [0.25, 0.3) is 0 Å². The van der Waals surface area contributed by atoms with E-state index in [1.54, 1.807) is 11.9 Å². The summed E-state index contributed by atoms with van der Waals surface area (Å²) in [5.74, 6) is -1.02. The van der Waals surface area contributed by atoms with Gasteiger partial charge in [-0.3, -0.25) is 4.79 Å². The Kier molecular flexibility index (Phi) is 5.79. The predicted molar refractivity (Wildman–Crippen MR) is 73.2 cm³/mol. The summed E-state index contributed by atoms with van der Waals surface area (Å²) in [7, 11) is 1.70. The van der Waals surface area contributed by atoms with E-state index in [-0.39, 0.29) is 18.4 Å². The average molecular weight is 285 g/mol. The van der Waals surface area contributed by atoms with E-state index >= 15 is 0 Å². The van der Waals surface area contributed by atoms with Gasteiger partial charge >= 0.3 is 12.0 Å². The summed E-state index contributed by atoms with van der Waals surface area (Å²) >= 11 is 0. The number of nitrogens with zero attached hydrogens (tertiary/aromatic N) is 2. The number of nitrogens with one attached hydrogen (secondary N) is 1. The van der Waals surface area contributed by atoms with Crippen LogP contribution in [0, 0.1) is 5.92 Å². The monoisotopic (exact) mass is 285 g/mol. The number of carboxylic acids is 1. The Morgan fingerprint density at radius 1 is 1.35 bits per heavy atom. The Bertz CT molecular complexity index is 384. The second-order valence-electron chi connectivity index (χ2n) is 5.56. The van der Waals surface area contributed by atoms with Gasteiger partial charge < -0.3 is 20.2 Å².